The van der Waals surface area contributed by atoms with Crippen molar-refractivity contribution in [2.45, 2.75) is 9.04 Å². The van der Waals surface area contributed by atoms with Crippen molar-refractivity contribution in [3.05, 3.63) is 71.8 Å². The number of hydrogen-bond donors (Lipinski definition) is 0. The van der Waals surface area contributed by atoms with Crippen molar-refractivity contribution in [2.24, 2.45) is 0 Å². The van der Waals surface area contributed by atoms with E-state index < -0.39 is 9.04 Å². The van der Waals surface area contributed by atoms with Crippen molar-refractivity contribution in [3.8, 4) is 0 Å². The lowest BCUT2D eigenvalue weighted by atomic mass is 10.2. The maximum atomic E-state index is 6.06. The zero-order valence-electron chi connectivity index (χ0n) is 10.1. The highest BCUT2D eigenvalue weighted by Crippen LogP contribution is 2.41. The Labute approximate surface area is 137 Å². The second-order valence-corrected chi connectivity index (χ2v) is 6.45. The molecule has 0 aromatic heterocycles. The molecule has 0 fully saturated rings. The van der Waals surface area contributed by atoms with Crippen LogP contribution in [0.3, 0.4) is 0 Å². The molecule has 0 N–H and O–H groups in total. The number of hydrogen-bond acceptors (Lipinski definition) is 2. The Balaban J connectivity index is 2.08. The molecule has 0 amide bonds. The molecule has 0 bridgehead atoms. The van der Waals surface area contributed by atoms with E-state index in [0.29, 0.717) is 11.1 Å². The average Bonchev–Trinajstić information content (AvgIpc) is 2.47. The third-order valence-corrected chi connectivity index (χ3v) is 3.60. The van der Waals surface area contributed by atoms with E-state index in [9.17, 15) is 0 Å². The van der Waals surface area contributed by atoms with Gasteiger partial charge in [-0.2, -0.15) is 9.78 Å². The van der Waals surface area contributed by atoms with Gasteiger partial charge in [-0.1, -0.05) is 107 Å². The second-order valence-electron chi connectivity index (χ2n) is 3.93. The summed E-state index contributed by atoms with van der Waals surface area (Å²) >= 11 is 24.2. The molecule has 0 unspecified atom stereocenters. The second kappa shape index (κ2) is 6.52. The minimum atomic E-state index is -1.72. The first-order valence-corrected chi connectivity index (χ1v) is 7.16. The summed E-state index contributed by atoms with van der Waals surface area (Å²) in [6, 6.07) is 17.5. The third kappa shape index (κ3) is 4.01. The van der Waals surface area contributed by atoms with E-state index >= 15 is 0 Å². The first-order chi connectivity index (χ1) is 9.42. The van der Waals surface area contributed by atoms with E-state index in [-0.39, 0.29) is 0 Å². The van der Waals surface area contributed by atoms with Crippen LogP contribution in [0.4, 0.5) is 0 Å². The monoisotopic (exact) mass is 350 g/mol. The first-order valence-electron chi connectivity index (χ1n) is 5.65. The summed E-state index contributed by atoms with van der Waals surface area (Å²) in [5.41, 5.74) is 1.00. The number of benzene rings is 2. The van der Waals surface area contributed by atoms with Crippen LogP contribution in [0.25, 0.3) is 0 Å². The highest BCUT2D eigenvalue weighted by molar-refractivity contribution is 6.47. The lowest BCUT2D eigenvalue weighted by molar-refractivity contribution is -0.347. The molecule has 0 saturated heterocycles. The third-order valence-electron chi connectivity index (χ3n) is 2.47. The smallest absolute Gasteiger partial charge is 0.188 e. The lowest BCUT2D eigenvalue weighted by Crippen LogP contribution is -2.23. The van der Waals surface area contributed by atoms with E-state index in [1.807, 2.05) is 12.1 Å². The summed E-state index contributed by atoms with van der Waals surface area (Å²) in [6.45, 7) is 0. The number of alkyl halides is 4. The van der Waals surface area contributed by atoms with Gasteiger partial charge >= 0.3 is 0 Å². The SMILES string of the molecule is ClC(Cl)(OOC(Cl)(Cl)c1ccccc1)c1ccccc1. The fourth-order valence-electron chi connectivity index (χ4n) is 1.47. The van der Waals surface area contributed by atoms with E-state index in [2.05, 4.69) is 0 Å². The van der Waals surface area contributed by atoms with Crippen LogP contribution in [0, 0.1) is 0 Å². The maximum Gasteiger partial charge on any atom is 0.275 e. The van der Waals surface area contributed by atoms with Crippen molar-refractivity contribution in [1.29, 1.82) is 0 Å². The van der Waals surface area contributed by atoms with Gasteiger partial charge in [0.1, 0.15) is 0 Å². The van der Waals surface area contributed by atoms with Crippen LogP contribution in [0.15, 0.2) is 60.7 Å². The van der Waals surface area contributed by atoms with Crippen LogP contribution >= 0.6 is 46.4 Å². The van der Waals surface area contributed by atoms with E-state index in [4.69, 9.17) is 56.2 Å². The average molecular weight is 352 g/mol. The molecule has 2 rings (SSSR count). The standard InChI is InChI=1S/C14H10Cl4O2/c15-13(16,11-7-3-1-4-8-11)19-20-14(17,18)12-9-5-2-6-10-12/h1-10H. The van der Waals surface area contributed by atoms with Crippen LogP contribution in [-0.4, -0.2) is 0 Å². The van der Waals surface area contributed by atoms with Gasteiger partial charge in [-0.15, -0.1) is 0 Å². The molecule has 0 aliphatic carbocycles. The van der Waals surface area contributed by atoms with Gasteiger partial charge in [0.2, 0.25) is 0 Å². The normalized spacial score (nSPS) is 12.4. The molecule has 0 saturated carbocycles. The Morgan fingerprint density at radius 1 is 0.550 bits per heavy atom. The Hall–Kier alpha value is -0.480. The van der Waals surface area contributed by atoms with E-state index in [1.54, 1.807) is 48.5 Å². The molecule has 0 spiro atoms. The van der Waals surface area contributed by atoms with Crippen LogP contribution in [0.2, 0.25) is 0 Å². The van der Waals surface area contributed by atoms with Gasteiger partial charge in [-0.25, -0.2) is 0 Å². The summed E-state index contributed by atoms with van der Waals surface area (Å²) < 4.78 is -3.43. The summed E-state index contributed by atoms with van der Waals surface area (Å²) in [4.78, 5) is 10.0. The van der Waals surface area contributed by atoms with Crippen LogP contribution in [0.5, 0.6) is 0 Å². The highest BCUT2D eigenvalue weighted by Gasteiger charge is 2.36. The summed E-state index contributed by atoms with van der Waals surface area (Å²) in [7, 11) is 0. The molecular formula is C14H10Cl4O2. The van der Waals surface area contributed by atoms with Crippen molar-refractivity contribution >= 4 is 46.4 Å². The minimum Gasteiger partial charge on any atom is -0.188 e. The molecule has 0 aliphatic heterocycles. The molecule has 20 heavy (non-hydrogen) atoms. The van der Waals surface area contributed by atoms with Crippen molar-refractivity contribution < 1.29 is 9.78 Å². The van der Waals surface area contributed by atoms with Gasteiger partial charge in [0.05, 0.1) is 0 Å². The van der Waals surface area contributed by atoms with Gasteiger partial charge in [0.25, 0.3) is 9.04 Å². The van der Waals surface area contributed by atoms with Crippen molar-refractivity contribution in [1.82, 2.24) is 0 Å². The van der Waals surface area contributed by atoms with Crippen molar-refractivity contribution in [2.75, 3.05) is 0 Å². The molecule has 2 nitrogen and oxygen atoms in total. The fraction of sp³-hybridized carbons (Fsp3) is 0.143. The quantitative estimate of drug-likeness (QED) is 0.401. The Morgan fingerprint density at radius 2 is 0.850 bits per heavy atom. The molecule has 6 heteroatoms. The van der Waals surface area contributed by atoms with Crippen LogP contribution in [0.1, 0.15) is 11.1 Å². The highest BCUT2D eigenvalue weighted by atomic mass is 35.5. The number of rotatable bonds is 5. The Kier molecular flexibility index (Phi) is 5.19. The minimum absolute atomic E-state index is 0.500. The zero-order valence-corrected chi connectivity index (χ0v) is 13.1. The largest absolute Gasteiger partial charge is 0.275 e. The first kappa shape index (κ1) is 15.9. The van der Waals surface area contributed by atoms with E-state index in [1.165, 1.54) is 0 Å². The maximum absolute atomic E-state index is 6.06. The summed E-state index contributed by atoms with van der Waals surface area (Å²) in [5, 5.41) is 0. The van der Waals surface area contributed by atoms with Gasteiger partial charge in [-0.3, -0.25) is 0 Å². The predicted molar refractivity (Wildman–Crippen MR) is 81.8 cm³/mol. The molecule has 2 aromatic rings. The Bertz CT molecular complexity index is 492. The molecule has 106 valence electrons. The fourth-order valence-corrected chi connectivity index (χ4v) is 2.10. The summed E-state index contributed by atoms with van der Waals surface area (Å²) in [5.74, 6) is 0. The predicted octanol–water partition coefficient (Wildman–Crippen LogP) is 5.51. The van der Waals surface area contributed by atoms with Crippen molar-refractivity contribution in [3.63, 3.8) is 0 Å². The lowest BCUT2D eigenvalue weighted by Gasteiger charge is -2.25. The van der Waals surface area contributed by atoms with Gasteiger partial charge in [0, 0.05) is 11.1 Å². The topological polar surface area (TPSA) is 18.5 Å². The molecule has 0 aliphatic rings. The van der Waals surface area contributed by atoms with Gasteiger partial charge in [-0.05, 0) is 0 Å². The molecule has 0 atom stereocenters. The summed E-state index contributed by atoms with van der Waals surface area (Å²) in [6.07, 6.45) is 0. The molecular weight excluding hydrogens is 342 g/mol. The Morgan fingerprint density at radius 3 is 1.15 bits per heavy atom. The zero-order chi connectivity index (χ0) is 14.6. The van der Waals surface area contributed by atoms with Crippen LogP contribution in [-0.2, 0) is 18.8 Å². The molecule has 2 aromatic carbocycles. The molecule has 0 heterocycles. The van der Waals surface area contributed by atoms with Gasteiger partial charge in [0.15, 0.2) is 0 Å². The molecule has 0 radical (unpaired) electrons. The number of halogens is 4. The van der Waals surface area contributed by atoms with E-state index in [0.717, 1.165) is 0 Å². The van der Waals surface area contributed by atoms with Gasteiger partial charge < -0.3 is 0 Å². The van der Waals surface area contributed by atoms with Crippen LogP contribution < -0.4 is 0 Å².